The largest absolute Gasteiger partial charge is 0.496 e. The summed E-state index contributed by atoms with van der Waals surface area (Å²) in [6.45, 7) is 0. The number of benzene rings is 1. The van der Waals surface area contributed by atoms with Gasteiger partial charge in [0.1, 0.15) is 11.7 Å². The molecule has 78 valence electrons. The average Bonchev–Trinajstić information content (AvgIpc) is 2.56. The van der Waals surface area contributed by atoms with E-state index in [0.717, 1.165) is 5.56 Å². The first-order valence-corrected chi connectivity index (χ1v) is 4.58. The van der Waals surface area contributed by atoms with Crippen LogP contribution in [0, 0.1) is 5.92 Å². The Balaban J connectivity index is 2.50. The van der Waals surface area contributed by atoms with Gasteiger partial charge in [0.25, 0.3) is 0 Å². The fourth-order valence-corrected chi connectivity index (χ4v) is 1.88. The monoisotopic (exact) mass is 206 g/mol. The van der Waals surface area contributed by atoms with Gasteiger partial charge in [0.2, 0.25) is 0 Å². The summed E-state index contributed by atoms with van der Waals surface area (Å²) in [6, 6.07) is 5.19. The zero-order chi connectivity index (χ0) is 11.0. The molecule has 1 N–H and O–H groups in total. The van der Waals surface area contributed by atoms with Crippen molar-refractivity contribution < 1.29 is 19.4 Å². The fraction of sp³-hybridized carbons (Fsp3) is 0.273. The Morgan fingerprint density at radius 3 is 2.87 bits per heavy atom. The third-order valence-electron chi connectivity index (χ3n) is 2.62. The molecule has 0 saturated heterocycles. The summed E-state index contributed by atoms with van der Waals surface area (Å²) in [7, 11) is 1.47. The van der Waals surface area contributed by atoms with E-state index in [0.29, 0.717) is 11.3 Å². The van der Waals surface area contributed by atoms with Gasteiger partial charge in [0.05, 0.1) is 12.7 Å². The van der Waals surface area contributed by atoms with Crippen LogP contribution in [0.15, 0.2) is 18.2 Å². The lowest BCUT2D eigenvalue weighted by Gasteiger charge is -2.04. The van der Waals surface area contributed by atoms with E-state index in [9.17, 15) is 9.59 Å². The number of ether oxygens (including phenoxy) is 1. The molecule has 4 heteroatoms. The maximum atomic E-state index is 11.8. The molecule has 4 nitrogen and oxygen atoms in total. The molecule has 0 radical (unpaired) electrons. The van der Waals surface area contributed by atoms with Crippen molar-refractivity contribution in [3.8, 4) is 5.75 Å². The zero-order valence-corrected chi connectivity index (χ0v) is 8.19. The van der Waals surface area contributed by atoms with E-state index >= 15 is 0 Å². The highest BCUT2D eigenvalue weighted by Crippen LogP contribution is 2.33. The van der Waals surface area contributed by atoms with Gasteiger partial charge in [-0.3, -0.25) is 9.59 Å². The van der Waals surface area contributed by atoms with Gasteiger partial charge < -0.3 is 9.84 Å². The molecule has 0 heterocycles. The molecule has 15 heavy (non-hydrogen) atoms. The van der Waals surface area contributed by atoms with Crippen LogP contribution in [0.25, 0.3) is 0 Å². The minimum Gasteiger partial charge on any atom is -0.496 e. The van der Waals surface area contributed by atoms with Gasteiger partial charge in [0, 0.05) is 0 Å². The second-order valence-electron chi connectivity index (χ2n) is 3.45. The lowest BCUT2D eigenvalue weighted by molar-refractivity contribution is -0.139. The number of aliphatic carboxylic acids is 1. The molecule has 0 aliphatic heterocycles. The number of rotatable bonds is 2. The van der Waals surface area contributed by atoms with Crippen molar-refractivity contribution in [2.45, 2.75) is 6.42 Å². The molecular weight excluding hydrogens is 196 g/mol. The molecule has 1 aliphatic carbocycles. The Morgan fingerprint density at radius 1 is 1.53 bits per heavy atom. The summed E-state index contributed by atoms with van der Waals surface area (Å²) >= 11 is 0. The molecule has 1 aliphatic rings. The Hall–Kier alpha value is -1.84. The summed E-state index contributed by atoms with van der Waals surface area (Å²) in [4.78, 5) is 22.6. The summed E-state index contributed by atoms with van der Waals surface area (Å²) in [5, 5.41) is 8.86. The van der Waals surface area contributed by atoms with Crippen LogP contribution in [0.1, 0.15) is 15.9 Å². The van der Waals surface area contributed by atoms with Crippen molar-refractivity contribution in [2.75, 3.05) is 7.11 Å². The maximum absolute atomic E-state index is 11.8. The van der Waals surface area contributed by atoms with Crippen LogP contribution < -0.4 is 4.74 Å². The molecule has 2 rings (SSSR count). The van der Waals surface area contributed by atoms with E-state index in [1.807, 2.05) is 0 Å². The number of carboxylic acid groups (broad SMARTS) is 1. The normalized spacial score (nSPS) is 18.7. The number of Topliss-reactive ketones (excluding diaryl/α,β-unsaturated/α-hetero) is 1. The Labute approximate surface area is 86.5 Å². The number of ketones is 1. The second-order valence-corrected chi connectivity index (χ2v) is 3.45. The van der Waals surface area contributed by atoms with Crippen molar-refractivity contribution >= 4 is 11.8 Å². The lowest BCUT2D eigenvalue weighted by Crippen LogP contribution is -2.19. The number of methoxy groups -OCH3 is 1. The zero-order valence-electron chi connectivity index (χ0n) is 8.19. The molecule has 0 spiro atoms. The quantitative estimate of drug-likeness (QED) is 0.737. The van der Waals surface area contributed by atoms with E-state index < -0.39 is 11.9 Å². The predicted octanol–water partition coefficient (Wildman–Crippen LogP) is 1.13. The number of hydrogen-bond donors (Lipinski definition) is 1. The Morgan fingerprint density at radius 2 is 2.27 bits per heavy atom. The van der Waals surface area contributed by atoms with Crippen LogP contribution in [0.4, 0.5) is 0 Å². The average molecular weight is 206 g/mol. The SMILES string of the molecule is COc1cccc2c1C(=O)C(C(=O)O)C2. The highest BCUT2D eigenvalue weighted by atomic mass is 16.5. The highest BCUT2D eigenvalue weighted by Gasteiger charge is 2.37. The molecule has 1 aromatic carbocycles. The van der Waals surface area contributed by atoms with Gasteiger partial charge >= 0.3 is 5.97 Å². The standard InChI is InChI=1S/C11H10O4/c1-15-8-4-2-3-6-5-7(11(13)14)10(12)9(6)8/h2-4,7H,5H2,1H3,(H,13,14). The summed E-state index contributed by atoms with van der Waals surface area (Å²) in [6.07, 6.45) is 0.265. The third kappa shape index (κ3) is 1.38. The third-order valence-corrected chi connectivity index (χ3v) is 2.62. The van der Waals surface area contributed by atoms with Gasteiger partial charge in [-0.05, 0) is 18.1 Å². The molecule has 0 bridgehead atoms. The van der Waals surface area contributed by atoms with Crippen LogP contribution in [-0.2, 0) is 11.2 Å². The van der Waals surface area contributed by atoms with Crippen LogP contribution in [0.5, 0.6) is 5.75 Å². The van der Waals surface area contributed by atoms with Crippen molar-refractivity contribution in [3.05, 3.63) is 29.3 Å². The van der Waals surface area contributed by atoms with Crippen LogP contribution in [-0.4, -0.2) is 24.0 Å². The van der Waals surface area contributed by atoms with Crippen LogP contribution in [0.2, 0.25) is 0 Å². The predicted molar refractivity (Wildman–Crippen MR) is 52.2 cm³/mol. The van der Waals surface area contributed by atoms with Crippen molar-refractivity contribution in [1.82, 2.24) is 0 Å². The van der Waals surface area contributed by atoms with E-state index in [-0.39, 0.29) is 12.2 Å². The van der Waals surface area contributed by atoms with Gasteiger partial charge in [-0.15, -0.1) is 0 Å². The molecule has 0 fully saturated rings. The topological polar surface area (TPSA) is 63.6 Å². The molecule has 0 aromatic heterocycles. The minimum absolute atomic E-state index is 0.265. The van der Waals surface area contributed by atoms with Crippen LogP contribution in [0.3, 0.4) is 0 Å². The lowest BCUT2D eigenvalue weighted by atomic mass is 10.1. The maximum Gasteiger partial charge on any atom is 0.314 e. The number of fused-ring (bicyclic) bond motifs is 1. The van der Waals surface area contributed by atoms with Gasteiger partial charge in [-0.25, -0.2) is 0 Å². The van der Waals surface area contributed by atoms with Crippen LogP contribution >= 0.6 is 0 Å². The molecule has 0 saturated carbocycles. The summed E-state index contributed by atoms with van der Waals surface area (Å²) in [5.74, 6) is -1.91. The second kappa shape index (κ2) is 3.38. The van der Waals surface area contributed by atoms with Crippen molar-refractivity contribution in [1.29, 1.82) is 0 Å². The van der Waals surface area contributed by atoms with Crippen molar-refractivity contribution in [3.63, 3.8) is 0 Å². The minimum atomic E-state index is -1.07. The first-order valence-electron chi connectivity index (χ1n) is 4.58. The molecule has 1 unspecified atom stereocenters. The summed E-state index contributed by atoms with van der Waals surface area (Å²) < 4.78 is 5.04. The number of hydrogen-bond acceptors (Lipinski definition) is 3. The van der Waals surface area contributed by atoms with E-state index in [4.69, 9.17) is 9.84 Å². The van der Waals surface area contributed by atoms with Gasteiger partial charge in [-0.2, -0.15) is 0 Å². The molecule has 0 amide bonds. The molecular formula is C11H10O4. The number of carbonyl (C=O) groups is 2. The highest BCUT2D eigenvalue weighted by molar-refractivity contribution is 6.13. The first-order chi connectivity index (χ1) is 7.15. The summed E-state index contributed by atoms with van der Waals surface area (Å²) in [5.41, 5.74) is 1.18. The van der Waals surface area contributed by atoms with Gasteiger partial charge in [0.15, 0.2) is 5.78 Å². The smallest absolute Gasteiger partial charge is 0.314 e. The van der Waals surface area contributed by atoms with E-state index in [1.54, 1.807) is 18.2 Å². The van der Waals surface area contributed by atoms with Crippen molar-refractivity contribution in [2.24, 2.45) is 5.92 Å². The van der Waals surface area contributed by atoms with E-state index in [2.05, 4.69) is 0 Å². The number of carbonyl (C=O) groups excluding carboxylic acids is 1. The first kappa shape index (κ1) is 9.71. The Kier molecular flexibility index (Phi) is 2.19. The Bertz CT molecular complexity index is 436. The van der Waals surface area contributed by atoms with Gasteiger partial charge in [-0.1, -0.05) is 12.1 Å². The number of carboxylic acids is 1. The van der Waals surface area contributed by atoms with E-state index in [1.165, 1.54) is 7.11 Å². The molecule has 1 aromatic rings. The fourth-order valence-electron chi connectivity index (χ4n) is 1.88. The molecule has 1 atom stereocenters.